The molecule has 0 spiro atoms. The van der Waals surface area contributed by atoms with Crippen molar-refractivity contribution < 1.29 is 9.90 Å². The maximum Gasteiger partial charge on any atom is 0.325 e. The molecule has 0 aromatic carbocycles. The van der Waals surface area contributed by atoms with E-state index in [4.69, 9.17) is 10.8 Å². The highest BCUT2D eigenvalue weighted by molar-refractivity contribution is 7.98. The second-order valence-electron chi connectivity index (χ2n) is 2.16. The van der Waals surface area contributed by atoms with Gasteiger partial charge in [0.1, 0.15) is 17.4 Å². The number of hydrogen-bond acceptors (Lipinski definition) is 4. The molecule has 1 heterocycles. The van der Waals surface area contributed by atoms with Crippen molar-refractivity contribution in [1.29, 1.82) is 0 Å². The molecule has 66 valence electrons. The number of carboxylic acids is 1. The molecule has 0 bridgehead atoms. The van der Waals surface area contributed by atoms with Gasteiger partial charge in [-0.3, -0.25) is 4.79 Å². The van der Waals surface area contributed by atoms with Crippen LogP contribution in [0.25, 0.3) is 0 Å². The van der Waals surface area contributed by atoms with Gasteiger partial charge in [0.2, 0.25) is 0 Å². The van der Waals surface area contributed by atoms with Gasteiger partial charge in [0.15, 0.2) is 0 Å². The minimum atomic E-state index is -0.947. The van der Waals surface area contributed by atoms with Crippen LogP contribution in [0.4, 0.5) is 5.82 Å². The zero-order chi connectivity index (χ0) is 9.14. The summed E-state index contributed by atoms with van der Waals surface area (Å²) >= 11 is 1.43. The van der Waals surface area contributed by atoms with Crippen LogP contribution in [0.3, 0.4) is 0 Å². The van der Waals surface area contributed by atoms with Crippen molar-refractivity contribution in [2.75, 3.05) is 12.0 Å². The van der Waals surface area contributed by atoms with Crippen molar-refractivity contribution in [3.05, 3.63) is 6.07 Å². The molecule has 0 unspecified atom stereocenters. The fourth-order valence-electron chi connectivity index (χ4n) is 0.761. The number of nitrogens with zero attached hydrogens (tertiary/aromatic N) is 2. The molecule has 6 heteroatoms. The molecule has 12 heavy (non-hydrogen) atoms. The average Bonchev–Trinajstić information content (AvgIpc) is 2.31. The van der Waals surface area contributed by atoms with Crippen LogP contribution in [-0.4, -0.2) is 27.1 Å². The Kier molecular flexibility index (Phi) is 2.59. The number of rotatable bonds is 3. The number of nitrogens with two attached hydrogens (primary N) is 1. The fraction of sp³-hybridized carbons (Fsp3) is 0.333. The smallest absolute Gasteiger partial charge is 0.325 e. The van der Waals surface area contributed by atoms with Crippen LogP contribution in [0.5, 0.6) is 0 Å². The molecule has 0 fully saturated rings. The minimum Gasteiger partial charge on any atom is -0.480 e. The molecular weight excluding hydrogens is 178 g/mol. The van der Waals surface area contributed by atoms with Gasteiger partial charge in [0, 0.05) is 6.07 Å². The summed E-state index contributed by atoms with van der Waals surface area (Å²) in [5, 5.41) is 13.1. The van der Waals surface area contributed by atoms with E-state index < -0.39 is 5.97 Å². The maximum atomic E-state index is 10.3. The molecule has 0 saturated carbocycles. The number of hydrogen-bond donors (Lipinski definition) is 2. The molecule has 0 atom stereocenters. The lowest BCUT2D eigenvalue weighted by atomic mass is 10.6. The number of carbonyl (C=O) groups is 1. The Bertz CT molecular complexity index is 297. The van der Waals surface area contributed by atoms with E-state index in [9.17, 15) is 4.79 Å². The SMILES string of the molecule is CSc1cc(N)n(CC(=O)O)n1. The van der Waals surface area contributed by atoms with Crippen LogP contribution in [0, 0.1) is 0 Å². The molecule has 1 aromatic heterocycles. The van der Waals surface area contributed by atoms with E-state index in [-0.39, 0.29) is 6.54 Å². The minimum absolute atomic E-state index is 0.188. The first-order valence-electron chi connectivity index (χ1n) is 3.22. The predicted octanol–water partition coefficient (Wildman–Crippen LogP) is 0.272. The monoisotopic (exact) mass is 187 g/mol. The van der Waals surface area contributed by atoms with E-state index in [0.717, 1.165) is 5.03 Å². The lowest BCUT2D eigenvalue weighted by molar-refractivity contribution is -0.137. The molecule has 0 aliphatic rings. The van der Waals surface area contributed by atoms with Crippen molar-refractivity contribution in [2.24, 2.45) is 0 Å². The first-order valence-corrected chi connectivity index (χ1v) is 4.45. The van der Waals surface area contributed by atoms with Crippen LogP contribution in [0.15, 0.2) is 11.1 Å². The molecule has 5 nitrogen and oxygen atoms in total. The first-order chi connectivity index (χ1) is 5.63. The summed E-state index contributed by atoms with van der Waals surface area (Å²) in [7, 11) is 0. The van der Waals surface area contributed by atoms with Crippen molar-refractivity contribution in [1.82, 2.24) is 9.78 Å². The Labute approximate surface area is 73.6 Å². The molecule has 0 amide bonds. The third kappa shape index (κ3) is 1.91. The lowest BCUT2D eigenvalue weighted by Gasteiger charge is -1.97. The highest BCUT2D eigenvalue weighted by Gasteiger charge is 2.06. The largest absolute Gasteiger partial charge is 0.480 e. The van der Waals surface area contributed by atoms with E-state index in [1.165, 1.54) is 16.4 Å². The Balaban J connectivity index is 2.84. The van der Waals surface area contributed by atoms with E-state index in [0.29, 0.717) is 5.82 Å². The quantitative estimate of drug-likeness (QED) is 0.664. The number of aromatic nitrogens is 2. The summed E-state index contributed by atoms with van der Waals surface area (Å²) in [5.41, 5.74) is 5.49. The second-order valence-corrected chi connectivity index (χ2v) is 2.99. The van der Waals surface area contributed by atoms with Crippen molar-refractivity contribution >= 4 is 23.5 Å². The average molecular weight is 187 g/mol. The van der Waals surface area contributed by atoms with E-state index in [1.54, 1.807) is 6.07 Å². The number of carboxylic acid groups (broad SMARTS) is 1. The topological polar surface area (TPSA) is 81.1 Å². The normalized spacial score (nSPS) is 10.1. The summed E-state index contributed by atoms with van der Waals surface area (Å²) in [6.07, 6.45) is 1.85. The van der Waals surface area contributed by atoms with Gasteiger partial charge in [-0.2, -0.15) is 5.10 Å². The highest BCUT2D eigenvalue weighted by Crippen LogP contribution is 2.15. The van der Waals surface area contributed by atoms with Gasteiger partial charge in [0.05, 0.1) is 0 Å². The summed E-state index contributed by atoms with van der Waals surface area (Å²) in [6, 6.07) is 1.65. The molecular formula is C6H9N3O2S. The molecule has 0 aliphatic carbocycles. The van der Waals surface area contributed by atoms with Crippen molar-refractivity contribution in [3.8, 4) is 0 Å². The number of anilines is 1. The van der Waals surface area contributed by atoms with E-state index >= 15 is 0 Å². The standard InChI is InChI=1S/C6H9N3O2S/c1-12-5-2-4(7)9(8-5)3-6(10)11/h2H,3,7H2,1H3,(H,10,11). The first kappa shape index (κ1) is 8.92. The molecule has 0 aliphatic heterocycles. The summed E-state index contributed by atoms with van der Waals surface area (Å²) < 4.78 is 1.26. The van der Waals surface area contributed by atoms with Crippen LogP contribution < -0.4 is 5.73 Å². The molecule has 1 rings (SSSR count). The zero-order valence-electron chi connectivity index (χ0n) is 6.52. The Morgan fingerprint density at radius 2 is 2.58 bits per heavy atom. The molecule has 1 aromatic rings. The van der Waals surface area contributed by atoms with Crippen molar-refractivity contribution in [2.45, 2.75) is 11.6 Å². The Morgan fingerprint density at radius 3 is 3.00 bits per heavy atom. The second kappa shape index (κ2) is 3.48. The van der Waals surface area contributed by atoms with Gasteiger partial charge in [-0.1, -0.05) is 0 Å². The summed E-state index contributed by atoms with van der Waals surface area (Å²) in [5.74, 6) is -0.570. The number of nitrogen functional groups attached to an aromatic ring is 1. The van der Waals surface area contributed by atoms with Gasteiger partial charge in [-0.05, 0) is 6.26 Å². The third-order valence-corrected chi connectivity index (χ3v) is 1.90. The van der Waals surface area contributed by atoms with Crippen LogP contribution in [-0.2, 0) is 11.3 Å². The molecule has 3 N–H and O–H groups in total. The molecule has 0 radical (unpaired) electrons. The number of thioether (sulfide) groups is 1. The molecule has 0 saturated heterocycles. The van der Waals surface area contributed by atoms with Gasteiger partial charge < -0.3 is 10.8 Å². The van der Waals surface area contributed by atoms with Crippen LogP contribution in [0.2, 0.25) is 0 Å². The third-order valence-electron chi connectivity index (χ3n) is 1.28. The highest BCUT2D eigenvalue weighted by atomic mass is 32.2. The Morgan fingerprint density at radius 1 is 1.92 bits per heavy atom. The van der Waals surface area contributed by atoms with Crippen molar-refractivity contribution in [3.63, 3.8) is 0 Å². The van der Waals surface area contributed by atoms with Crippen LogP contribution >= 0.6 is 11.8 Å². The van der Waals surface area contributed by atoms with Gasteiger partial charge >= 0.3 is 5.97 Å². The van der Waals surface area contributed by atoms with Gasteiger partial charge in [-0.15, -0.1) is 11.8 Å². The van der Waals surface area contributed by atoms with E-state index in [1.807, 2.05) is 6.26 Å². The fourth-order valence-corrected chi connectivity index (χ4v) is 1.18. The lowest BCUT2D eigenvalue weighted by Crippen LogP contribution is -2.12. The van der Waals surface area contributed by atoms with Gasteiger partial charge in [-0.25, -0.2) is 4.68 Å². The Hall–Kier alpha value is -1.17. The maximum absolute atomic E-state index is 10.3. The van der Waals surface area contributed by atoms with E-state index in [2.05, 4.69) is 5.10 Å². The van der Waals surface area contributed by atoms with Gasteiger partial charge in [0.25, 0.3) is 0 Å². The summed E-state index contributed by atoms with van der Waals surface area (Å²) in [4.78, 5) is 10.3. The summed E-state index contributed by atoms with van der Waals surface area (Å²) in [6.45, 7) is -0.188. The number of aliphatic carboxylic acids is 1. The predicted molar refractivity (Wildman–Crippen MR) is 46.1 cm³/mol. The van der Waals surface area contributed by atoms with Crippen LogP contribution in [0.1, 0.15) is 0 Å². The zero-order valence-corrected chi connectivity index (χ0v) is 7.34.